The van der Waals surface area contributed by atoms with Crippen LogP contribution in [0.5, 0.6) is 5.75 Å². The summed E-state index contributed by atoms with van der Waals surface area (Å²) in [4.78, 5) is 30.8. The summed E-state index contributed by atoms with van der Waals surface area (Å²) in [6.07, 6.45) is 5.29. The summed E-state index contributed by atoms with van der Waals surface area (Å²) in [7, 11) is 0. The van der Waals surface area contributed by atoms with E-state index < -0.39 is 0 Å². The number of carbonyl (C=O) groups excluding carboxylic acids is 2. The molecule has 0 bridgehead atoms. The number of para-hydroxylation sites is 1. The average Bonchev–Trinajstić information content (AvgIpc) is 2.83. The van der Waals surface area contributed by atoms with Crippen molar-refractivity contribution in [2.24, 2.45) is 5.92 Å². The van der Waals surface area contributed by atoms with Crippen LogP contribution in [0.15, 0.2) is 48.5 Å². The summed E-state index contributed by atoms with van der Waals surface area (Å²) < 4.78 is 6.32. The molecule has 35 heavy (non-hydrogen) atoms. The molecule has 5 nitrogen and oxygen atoms in total. The van der Waals surface area contributed by atoms with Crippen LogP contribution in [-0.4, -0.2) is 53.9 Å². The molecule has 1 aliphatic heterocycles. The molecule has 0 saturated heterocycles. The lowest BCUT2D eigenvalue weighted by atomic mass is 10.0. The maximum atomic E-state index is 13.6. The number of hydrogen-bond donors (Lipinski definition) is 0. The fourth-order valence-corrected chi connectivity index (χ4v) is 4.91. The van der Waals surface area contributed by atoms with Crippen LogP contribution >= 0.6 is 0 Å². The summed E-state index contributed by atoms with van der Waals surface area (Å²) in [5.41, 5.74) is 2.82. The largest absolute Gasteiger partial charge is 0.491 e. The Kier molecular flexibility index (Phi) is 10.2. The number of rotatable bonds is 5. The van der Waals surface area contributed by atoms with Gasteiger partial charge in [-0.15, -0.1) is 0 Å². The fraction of sp³-hybridized carbons (Fsp3) is 0.533. The Morgan fingerprint density at radius 3 is 2.49 bits per heavy atom. The molecule has 0 radical (unpaired) electrons. The van der Waals surface area contributed by atoms with Crippen LogP contribution in [0.2, 0.25) is 0 Å². The summed E-state index contributed by atoms with van der Waals surface area (Å²) in [5, 5.41) is 0. The Morgan fingerprint density at radius 2 is 1.77 bits per heavy atom. The molecule has 1 heterocycles. The highest BCUT2D eigenvalue weighted by molar-refractivity contribution is 5.96. The van der Waals surface area contributed by atoms with Gasteiger partial charge >= 0.3 is 0 Å². The number of ether oxygens (including phenoxy) is 1. The second-order valence-electron chi connectivity index (χ2n) is 10.1. The van der Waals surface area contributed by atoms with E-state index in [4.69, 9.17) is 4.74 Å². The molecule has 0 spiro atoms. The summed E-state index contributed by atoms with van der Waals surface area (Å²) in [6, 6.07) is 15.7. The Bertz CT molecular complexity index is 972. The lowest BCUT2D eigenvalue weighted by molar-refractivity contribution is -0.134. The van der Waals surface area contributed by atoms with Crippen molar-refractivity contribution in [2.45, 2.75) is 72.3 Å². The van der Waals surface area contributed by atoms with Crippen LogP contribution in [-0.2, 0) is 11.2 Å². The van der Waals surface area contributed by atoms with E-state index in [1.807, 2.05) is 48.2 Å². The second-order valence-corrected chi connectivity index (χ2v) is 10.1. The topological polar surface area (TPSA) is 49.9 Å². The zero-order valence-electron chi connectivity index (χ0n) is 22.0. The van der Waals surface area contributed by atoms with Gasteiger partial charge in [-0.1, -0.05) is 68.7 Å². The Morgan fingerprint density at radius 1 is 1.03 bits per heavy atom. The smallest absolute Gasteiger partial charge is 0.257 e. The summed E-state index contributed by atoms with van der Waals surface area (Å²) in [6.45, 7) is 11.0. The number of benzene rings is 2. The highest BCUT2D eigenvalue weighted by Crippen LogP contribution is 2.24. The van der Waals surface area contributed by atoms with Crippen LogP contribution in [0.25, 0.3) is 0 Å². The van der Waals surface area contributed by atoms with Crippen LogP contribution < -0.4 is 4.74 Å². The second kappa shape index (κ2) is 13.3. The van der Waals surface area contributed by atoms with Crippen LogP contribution in [0, 0.1) is 12.8 Å². The van der Waals surface area contributed by atoms with E-state index in [1.165, 1.54) is 5.56 Å². The molecule has 190 valence electrons. The SMILES string of the molecule is CCN1CCCCCCN(C(=O)Cc2cccc(C)c2)[C@@H](CC(C)C)COc2ccccc2C1=O. The minimum absolute atomic E-state index is 0.0212. The molecule has 2 amide bonds. The number of amides is 2. The van der Waals surface area contributed by atoms with Crippen molar-refractivity contribution in [1.82, 2.24) is 9.80 Å². The Labute approximate surface area is 211 Å². The molecule has 0 fully saturated rings. The number of hydrogen-bond acceptors (Lipinski definition) is 3. The van der Waals surface area contributed by atoms with Crippen LogP contribution in [0.4, 0.5) is 0 Å². The van der Waals surface area contributed by atoms with Crippen molar-refractivity contribution < 1.29 is 14.3 Å². The first kappa shape index (κ1) is 26.8. The number of carbonyl (C=O) groups is 2. The predicted octanol–water partition coefficient (Wildman–Crippen LogP) is 5.90. The van der Waals surface area contributed by atoms with Gasteiger partial charge in [-0.3, -0.25) is 9.59 Å². The van der Waals surface area contributed by atoms with Crippen molar-refractivity contribution in [3.8, 4) is 5.75 Å². The molecule has 2 aromatic rings. The van der Waals surface area contributed by atoms with Crippen LogP contribution in [0.3, 0.4) is 0 Å². The molecule has 5 heteroatoms. The van der Waals surface area contributed by atoms with E-state index in [2.05, 4.69) is 37.8 Å². The molecule has 3 rings (SSSR count). The molecule has 0 aromatic heterocycles. The lowest BCUT2D eigenvalue weighted by Gasteiger charge is -2.34. The Hall–Kier alpha value is -2.82. The number of fused-ring (bicyclic) bond motifs is 1. The molecule has 2 aromatic carbocycles. The third-order valence-electron chi connectivity index (χ3n) is 6.74. The minimum atomic E-state index is -0.0410. The first-order chi connectivity index (χ1) is 16.9. The van der Waals surface area contributed by atoms with Gasteiger partial charge in [0.1, 0.15) is 12.4 Å². The lowest BCUT2D eigenvalue weighted by Crippen LogP contribution is -2.46. The number of nitrogens with zero attached hydrogens (tertiary/aromatic N) is 2. The minimum Gasteiger partial charge on any atom is -0.491 e. The number of aryl methyl sites for hydroxylation is 1. The van der Waals surface area contributed by atoms with Gasteiger partial charge in [-0.2, -0.15) is 0 Å². The maximum absolute atomic E-state index is 13.6. The van der Waals surface area contributed by atoms with Gasteiger partial charge in [-0.05, 0) is 56.7 Å². The molecule has 0 N–H and O–H groups in total. The third-order valence-corrected chi connectivity index (χ3v) is 6.74. The van der Waals surface area contributed by atoms with Gasteiger partial charge in [0.25, 0.3) is 5.91 Å². The van der Waals surface area contributed by atoms with Crippen LogP contribution in [0.1, 0.15) is 74.4 Å². The summed E-state index contributed by atoms with van der Waals surface area (Å²) >= 11 is 0. The van der Waals surface area contributed by atoms with Crippen molar-refractivity contribution in [3.63, 3.8) is 0 Å². The highest BCUT2D eigenvalue weighted by atomic mass is 16.5. The normalized spacial score (nSPS) is 18.1. The molecular weight excluding hydrogens is 436 g/mol. The molecule has 0 aliphatic carbocycles. The van der Waals surface area contributed by atoms with E-state index in [1.54, 1.807) is 0 Å². The van der Waals surface area contributed by atoms with E-state index in [-0.39, 0.29) is 17.9 Å². The van der Waals surface area contributed by atoms with Gasteiger partial charge in [0.15, 0.2) is 0 Å². The zero-order chi connectivity index (χ0) is 25.2. The van der Waals surface area contributed by atoms with Crippen molar-refractivity contribution in [3.05, 3.63) is 65.2 Å². The monoisotopic (exact) mass is 478 g/mol. The van der Waals surface area contributed by atoms with Crippen molar-refractivity contribution in [1.29, 1.82) is 0 Å². The average molecular weight is 479 g/mol. The molecular formula is C30H42N2O3. The van der Waals surface area contributed by atoms with Crippen molar-refractivity contribution >= 4 is 11.8 Å². The van der Waals surface area contributed by atoms with Gasteiger partial charge < -0.3 is 14.5 Å². The van der Waals surface area contributed by atoms with Gasteiger partial charge in [0, 0.05) is 19.6 Å². The summed E-state index contributed by atoms with van der Waals surface area (Å²) in [5.74, 6) is 1.20. The van der Waals surface area contributed by atoms with E-state index >= 15 is 0 Å². The maximum Gasteiger partial charge on any atom is 0.257 e. The zero-order valence-corrected chi connectivity index (χ0v) is 22.0. The van der Waals surface area contributed by atoms with E-state index in [0.29, 0.717) is 36.8 Å². The molecule has 1 aliphatic rings. The fourth-order valence-electron chi connectivity index (χ4n) is 4.91. The highest BCUT2D eigenvalue weighted by Gasteiger charge is 2.27. The quantitative estimate of drug-likeness (QED) is 0.538. The van der Waals surface area contributed by atoms with Crippen molar-refractivity contribution in [2.75, 3.05) is 26.2 Å². The van der Waals surface area contributed by atoms with E-state index in [9.17, 15) is 9.59 Å². The molecule has 0 unspecified atom stereocenters. The molecule has 1 atom stereocenters. The third kappa shape index (κ3) is 7.84. The van der Waals surface area contributed by atoms with E-state index in [0.717, 1.165) is 50.8 Å². The Balaban J connectivity index is 1.88. The predicted molar refractivity (Wildman–Crippen MR) is 142 cm³/mol. The molecule has 0 saturated carbocycles. The standard InChI is InChI=1S/C30H42N2O3/c1-5-31-17-10-6-7-11-18-32(29(33)21-25-14-12-13-24(4)20-25)26(19-23(2)3)22-35-28-16-9-8-15-27(28)30(31)34/h8-9,12-16,20,23,26H,5-7,10-11,17-19,21-22H2,1-4H3/t26-/m0/s1. The van der Waals surface area contributed by atoms with Gasteiger partial charge in [0.05, 0.1) is 18.0 Å². The van der Waals surface area contributed by atoms with Gasteiger partial charge in [0.2, 0.25) is 5.91 Å². The first-order valence-corrected chi connectivity index (χ1v) is 13.2. The van der Waals surface area contributed by atoms with Gasteiger partial charge in [-0.25, -0.2) is 0 Å². The first-order valence-electron chi connectivity index (χ1n) is 13.2.